The van der Waals surface area contributed by atoms with E-state index in [-0.39, 0.29) is 21.5 Å². The van der Waals surface area contributed by atoms with Gasteiger partial charge in [-0.05, 0) is 6.07 Å². The van der Waals surface area contributed by atoms with Crippen LogP contribution in [0, 0.1) is 0 Å². The highest BCUT2D eigenvalue weighted by molar-refractivity contribution is 7.74. The molecule has 1 aromatic carbocycles. The molecule has 7 heteroatoms. The third-order valence-corrected chi connectivity index (χ3v) is 2.16. The summed E-state index contributed by atoms with van der Waals surface area (Å²) in [5.74, 6) is 0.0155. The molecule has 0 amide bonds. The Balaban J connectivity index is 3.08. The van der Waals surface area contributed by atoms with E-state index in [9.17, 15) is 4.21 Å². The normalized spacial score (nSPS) is 12.5. The molecule has 0 aliphatic carbocycles. The highest BCUT2D eigenvalue weighted by Gasteiger charge is 2.08. The Hall–Kier alpha value is -0.490. The molecular formula is C6H5Cl2NO3S. The molecule has 0 aliphatic heterocycles. The predicted molar refractivity (Wildman–Crippen MR) is 52.3 cm³/mol. The van der Waals surface area contributed by atoms with Crippen LogP contribution in [0.4, 0.5) is 5.69 Å². The van der Waals surface area contributed by atoms with E-state index in [0.717, 1.165) is 0 Å². The summed E-state index contributed by atoms with van der Waals surface area (Å²) in [4.78, 5) is 0. The standard InChI is InChI=1S/C6H5Cl2NO3S/c7-3-2-6(12-13(10)11)4(8)1-5(3)9/h1-2H,9H2,(H,10,11). The van der Waals surface area contributed by atoms with Crippen molar-refractivity contribution in [1.29, 1.82) is 0 Å². The van der Waals surface area contributed by atoms with Crippen LogP contribution >= 0.6 is 23.2 Å². The molecule has 1 aromatic rings. The summed E-state index contributed by atoms with van der Waals surface area (Å²) in [6, 6.07) is 2.61. The van der Waals surface area contributed by atoms with Crippen LogP contribution in [0.15, 0.2) is 12.1 Å². The molecule has 3 N–H and O–H groups in total. The first-order valence-corrected chi connectivity index (χ1v) is 4.83. The van der Waals surface area contributed by atoms with E-state index < -0.39 is 11.4 Å². The van der Waals surface area contributed by atoms with Gasteiger partial charge in [-0.1, -0.05) is 23.2 Å². The van der Waals surface area contributed by atoms with Crippen LogP contribution < -0.4 is 9.92 Å². The Morgan fingerprint density at radius 2 is 2.00 bits per heavy atom. The third kappa shape index (κ3) is 2.73. The van der Waals surface area contributed by atoms with Crippen molar-refractivity contribution in [3.63, 3.8) is 0 Å². The molecule has 1 rings (SSSR count). The molecule has 0 spiro atoms. The molecule has 72 valence electrons. The minimum atomic E-state index is -2.43. The Bertz CT molecular complexity index is 358. The fourth-order valence-electron chi connectivity index (χ4n) is 0.685. The van der Waals surface area contributed by atoms with Crippen LogP contribution in [0.2, 0.25) is 10.0 Å². The van der Waals surface area contributed by atoms with Gasteiger partial charge in [-0.15, -0.1) is 0 Å². The van der Waals surface area contributed by atoms with Gasteiger partial charge < -0.3 is 9.92 Å². The van der Waals surface area contributed by atoms with Gasteiger partial charge in [0.2, 0.25) is 0 Å². The van der Waals surface area contributed by atoms with Crippen molar-refractivity contribution in [3.05, 3.63) is 22.2 Å². The Morgan fingerprint density at radius 3 is 2.54 bits per heavy atom. The van der Waals surface area contributed by atoms with Gasteiger partial charge in [0.05, 0.1) is 15.7 Å². The van der Waals surface area contributed by atoms with Gasteiger partial charge in [-0.3, -0.25) is 4.55 Å². The van der Waals surface area contributed by atoms with Crippen molar-refractivity contribution in [3.8, 4) is 5.75 Å². The van der Waals surface area contributed by atoms with E-state index in [0.29, 0.717) is 0 Å². The highest BCUT2D eigenvalue weighted by atomic mass is 35.5. The maximum Gasteiger partial charge on any atom is 0.357 e. The van der Waals surface area contributed by atoms with Crippen LogP contribution in [0.1, 0.15) is 0 Å². The van der Waals surface area contributed by atoms with Gasteiger partial charge in [0.25, 0.3) is 0 Å². The number of hydrogen-bond donors (Lipinski definition) is 2. The molecule has 13 heavy (non-hydrogen) atoms. The summed E-state index contributed by atoms with van der Waals surface area (Å²) in [5.41, 5.74) is 5.69. The second-order valence-corrected chi connectivity index (χ2v) is 3.52. The summed E-state index contributed by atoms with van der Waals surface area (Å²) < 4.78 is 23.1. The number of halogens is 2. The second kappa shape index (κ2) is 4.15. The van der Waals surface area contributed by atoms with Gasteiger partial charge in [0.15, 0.2) is 5.75 Å². The van der Waals surface area contributed by atoms with Gasteiger partial charge >= 0.3 is 11.4 Å². The lowest BCUT2D eigenvalue weighted by atomic mass is 10.3. The van der Waals surface area contributed by atoms with Crippen LogP contribution in [0.25, 0.3) is 0 Å². The zero-order valence-corrected chi connectivity index (χ0v) is 8.49. The molecule has 0 fully saturated rings. The number of rotatable bonds is 2. The summed E-state index contributed by atoms with van der Waals surface area (Å²) in [7, 11) is 0. The van der Waals surface area contributed by atoms with E-state index in [1.54, 1.807) is 0 Å². The Morgan fingerprint density at radius 1 is 1.38 bits per heavy atom. The first-order chi connectivity index (χ1) is 6.00. The van der Waals surface area contributed by atoms with E-state index >= 15 is 0 Å². The summed E-state index contributed by atoms with van der Waals surface area (Å²) in [5, 5.41) is 0.342. The number of nitrogen functional groups attached to an aromatic ring is 1. The van der Waals surface area contributed by atoms with Gasteiger partial charge in [-0.25, -0.2) is 0 Å². The van der Waals surface area contributed by atoms with E-state index in [4.69, 9.17) is 33.5 Å². The van der Waals surface area contributed by atoms with Crippen LogP contribution in [-0.4, -0.2) is 8.76 Å². The molecule has 4 nitrogen and oxygen atoms in total. The molecule has 0 heterocycles. The Kier molecular flexibility index (Phi) is 3.38. The molecule has 0 bridgehead atoms. The van der Waals surface area contributed by atoms with E-state index in [2.05, 4.69) is 4.18 Å². The number of benzene rings is 1. The molecule has 0 aromatic heterocycles. The molecule has 0 saturated carbocycles. The largest absolute Gasteiger partial charge is 0.397 e. The minimum absolute atomic E-state index is 0.0155. The van der Waals surface area contributed by atoms with E-state index in [1.807, 2.05) is 0 Å². The number of nitrogens with two attached hydrogens (primary N) is 1. The molecule has 1 unspecified atom stereocenters. The second-order valence-electron chi connectivity index (χ2n) is 2.10. The van der Waals surface area contributed by atoms with Gasteiger partial charge in [0, 0.05) is 6.07 Å². The fourth-order valence-corrected chi connectivity index (χ4v) is 1.39. The smallest absolute Gasteiger partial charge is 0.357 e. The van der Waals surface area contributed by atoms with Crippen molar-refractivity contribution in [2.45, 2.75) is 0 Å². The molecule has 0 aliphatic rings. The lowest BCUT2D eigenvalue weighted by molar-refractivity contribution is 0.458. The summed E-state index contributed by atoms with van der Waals surface area (Å²) in [6.07, 6.45) is 0. The first kappa shape index (κ1) is 10.6. The molecular weight excluding hydrogens is 237 g/mol. The fraction of sp³-hybridized carbons (Fsp3) is 0. The first-order valence-electron chi connectivity index (χ1n) is 3.04. The van der Waals surface area contributed by atoms with Gasteiger partial charge in [-0.2, -0.15) is 4.21 Å². The summed E-state index contributed by atoms with van der Waals surface area (Å²) >= 11 is 8.84. The van der Waals surface area contributed by atoms with Crippen LogP contribution in [0.5, 0.6) is 5.75 Å². The topological polar surface area (TPSA) is 72.5 Å². The predicted octanol–water partition coefficient (Wildman–Crippen LogP) is 2.09. The zero-order chi connectivity index (χ0) is 10.0. The number of hydrogen-bond acceptors (Lipinski definition) is 3. The SMILES string of the molecule is Nc1cc(Cl)c(OS(=O)O)cc1Cl. The maximum absolute atomic E-state index is 10.3. The number of anilines is 1. The maximum atomic E-state index is 10.3. The molecule has 0 radical (unpaired) electrons. The quantitative estimate of drug-likeness (QED) is 0.615. The van der Waals surface area contributed by atoms with Gasteiger partial charge in [0.1, 0.15) is 0 Å². The van der Waals surface area contributed by atoms with Crippen molar-refractivity contribution in [2.75, 3.05) is 5.73 Å². The average Bonchev–Trinajstić information content (AvgIpc) is 1.99. The summed E-state index contributed by atoms with van der Waals surface area (Å²) in [6.45, 7) is 0. The third-order valence-electron chi connectivity index (χ3n) is 1.21. The zero-order valence-electron chi connectivity index (χ0n) is 6.16. The molecule has 0 saturated heterocycles. The van der Waals surface area contributed by atoms with Crippen molar-refractivity contribution >= 4 is 40.3 Å². The lowest BCUT2D eigenvalue weighted by Crippen LogP contribution is -1.98. The van der Waals surface area contributed by atoms with Crippen LogP contribution in [-0.2, 0) is 11.4 Å². The van der Waals surface area contributed by atoms with E-state index in [1.165, 1.54) is 12.1 Å². The monoisotopic (exact) mass is 241 g/mol. The van der Waals surface area contributed by atoms with Crippen molar-refractivity contribution < 1.29 is 12.9 Å². The molecule has 1 atom stereocenters. The Labute approximate surface area is 87.1 Å². The van der Waals surface area contributed by atoms with Crippen molar-refractivity contribution in [1.82, 2.24) is 0 Å². The average molecular weight is 242 g/mol. The van der Waals surface area contributed by atoms with Crippen LogP contribution in [0.3, 0.4) is 0 Å². The minimum Gasteiger partial charge on any atom is -0.397 e. The lowest BCUT2D eigenvalue weighted by Gasteiger charge is -2.04. The highest BCUT2D eigenvalue weighted by Crippen LogP contribution is 2.32. The van der Waals surface area contributed by atoms with Crippen molar-refractivity contribution in [2.24, 2.45) is 0 Å².